The first kappa shape index (κ1) is 14.1. The quantitative estimate of drug-likeness (QED) is 0.795. The van der Waals surface area contributed by atoms with E-state index in [1.54, 1.807) is 0 Å². The molecule has 0 atom stereocenters. The Labute approximate surface area is 120 Å². The predicted octanol–water partition coefficient (Wildman–Crippen LogP) is 4.37. The van der Waals surface area contributed by atoms with Crippen molar-refractivity contribution in [2.75, 3.05) is 5.32 Å². The molecule has 1 aromatic rings. The second kappa shape index (κ2) is 6.24. The van der Waals surface area contributed by atoms with Crippen molar-refractivity contribution < 1.29 is 0 Å². The van der Waals surface area contributed by atoms with Gasteiger partial charge < -0.3 is 5.32 Å². The number of rotatable bonds is 4. The smallest absolute Gasteiger partial charge is 0.156 e. The molecule has 20 heavy (non-hydrogen) atoms. The summed E-state index contributed by atoms with van der Waals surface area (Å²) in [6.07, 6.45) is 13.0. The molecule has 2 rings (SSSR count). The zero-order chi connectivity index (χ0) is 14.5. The first-order valence-corrected chi connectivity index (χ1v) is 6.87. The fourth-order valence-corrected chi connectivity index (χ4v) is 2.40. The van der Waals surface area contributed by atoms with Crippen molar-refractivity contribution in [2.24, 2.45) is 0 Å². The number of anilines is 1. The van der Waals surface area contributed by atoms with E-state index in [0.29, 0.717) is 0 Å². The molecule has 1 heterocycles. The summed E-state index contributed by atoms with van der Waals surface area (Å²) in [5.74, 6) is 0.901. The lowest BCUT2D eigenvalue weighted by atomic mass is 10.1. The normalized spacial score (nSPS) is 19.1. The third kappa shape index (κ3) is 2.52. The number of fused-ring (bicyclic) bond motifs is 1. The topological polar surface area (TPSA) is 40.7 Å². The van der Waals surface area contributed by atoms with Crippen molar-refractivity contribution in [1.82, 2.24) is 10.2 Å². The largest absolute Gasteiger partial charge is 0.339 e. The molecule has 0 spiro atoms. The van der Waals surface area contributed by atoms with E-state index in [0.717, 1.165) is 23.6 Å². The van der Waals surface area contributed by atoms with Gasteiger partial charge in [0.1, 0.15) is 0 Å². The highest BCUT2D eigenvalue weighted by molar-refractivity contribution is 5.87. The van der Waals surface area contributed by atoms with E-state index in [4.69, 9.17) is 0 Å². The van der Waals surface area contributed by atoms with E-state index in [1.807, 2.05) is 44.2 Å². The summed E-state index contributed by atoms with van der Waals surface area (Å²) in [5.41, 5.74) is 5.85. The van der Waals surface area contributed by atoms with Crippen LogP contribution in [-0.2, 0) is 6.42 Å². The summed E-state index contributed by atoms with van der Waals surface area (Å²) >= 11 is 0. The molecular weight excluding hydrogens is 246 g/mol. The first-order valence-electron chi connectivity index (χ1n) is 6.87. The average Bonchev–Trinajstić information content (AvgIpc) is 2.99. The molecule has 0 fully saturated rings. The molecule has 3 nitrogen and oxygen atoms in total. The molecule has 2 N–H and O–H groups in total. The van der Waals surface area contributed by atoms with Crippen LogP contribution in [0.3, 0.4) is 0 Å². The van der Waals surface area contributed by atoms with Crippen molar-refractivity contribution in [1.29, 1.82) is 0 Å². The SMILES string of the molecule is C=C/C=C1\C(=C/C)Cc2c(NC(/C=C\C)=C/C)n[nH]c21. The minimum absolute atomic E-state index is 0.900. The van der Waals surface area contributed by atoms with Gasteiger partial charge in [-0.2, -0.15) is 5.10 Å². The Morgan fingerprint density at radius 3 is 2.75 bits per heavy atom. The second-order valence-electron chi connectivity index (χ2n) is 4.60. The van der Waals surface area contributed by atoms with E-state index >= 15 is 0 Å². The second-order valence-corrected chi connectivity index (χ2v) is 4.60. The molecule has 0 aliphatic heterocycles. The van der Waals surface area contributed by atoms with Gasteiger partial charge in [0.2, 0.25) is 0 Å². The highest BCUT2D eigenvalue weighted by atomic mass is 15.2. The van der Waals surface area contributed by atoms with E-state index < -0.39 is 0 Å². The van der Waals surface area contributed by atoms with Gasteiger partial charge in [0.05, 0.1) is 5.69 Å². The number of aromatic nitrogens is 2. The van der Waals surface area contributed by atoms with Crippen LogP contribution in [0, 0.1) is 0 Å². The molecule has 0 aromatic carbocycles. The van der Waals surface area contributed by atoms with E-state index in [9.17, 15) is 0 Å². The lowest BCUT2D eigenvalue weighted by molar-refractivity contribution is 1.07. The maximum absolute atomic E-state index is 4.40. The van der Waals surface area contributed by atoms with Crippen LogP contribution in [0.5, 0.6) is 0 Å². The van der Waals surface area contributed by atoms with Gasteiger partial charge in [0.25, 0.3) is 0 Å². The summed E-state index contributed by atoms with van der Waals surface area (Å²) in [6.45, 7) is 9.86. The number of allylic oxidation sites excluding steroid dienone is 8. The maximum atomic E-state index is 4.40. The molecule has 1 aromatic heterocycles. The summed E-state index contributed by atoms with van der Waals surface area (Å²) in [4.78, 5) is 0. The molecular formula is C17H21N3. The van der Waals surface area contributed by atoms with Gasteiger partial charge in [-0.25, -0.2) is 0 Å². The van der Waals surface area contributed by atoms with Crippen LogP contribution in [0.2, 0.25) is 0 Å². The van der Waals surface area contributed by atoms with Gasteiger partial charge in [-0.05, 0) is 32.4 Å². The molecule has 0 unspecified atom stereocenters. The molecule has 1 aliphatic rings. The number of aromatic amines is 1. The maximum Gasteiger partial charge on any atom is 0.156 e. The third-order valence-corrected chi connectivity index (χ3v) is 3.40. The van der Waals surface area contributed by atoms with Gasteiger partial charge in [-0.1, -0.05) is 37.0 Å². The lowest BCUT2D eigenvalue weighted by Crippen LogP contribution is -1.99. The standard InChI is InChI=1S/C17H21N3/c1-5-9-13(8-4)18-17-15-11-12(7-3)14(10-6-2)16(15)19-20-17/h5-10H,2,11H2,1,3-4H3,(H2,18,19,20)/b9-5-,12-7-,13-8+,14-10+. The number of hydrogen-bond donors (Lipinski definition) is 2. The Morgan fingerprint density at radius 1 is 1.35 bits per heavy atom. The van der Waals surface area contributed by atoms with Gasteiger partial charge >= 0.3 is 0 Å². The van der Waals surface area contributed by atoms with Crippen molar-refractivity contribution >= 4 is 11.4 Å². The summed E-state index contributed by atoms with van der Waals surface area (Å²) in [6, 6.07) is 0. The number of nitrogens with zero attached hydrogens (tertiary/aromatic N) is 1. The monoisotopic (exact) mass is 267 g/mol. The van der Waals surface area contributed by atoms with Crippen molar-refractivity contribution in [3.8, 4) is 0 Å². The van der Waals surface area contributed by atoms with Crippen LogP contribution in [-0.4, -0.2) is 10.2 Å². The number of H-pyrrole nitrogens is 1. The Balaban J connectivity index is 2.37. The summed E-state index contributed by atoms with van der Waals surface area (Å²) < 4.78 is 0. The molecule has 0 saturated heterocycles. The molecule has 1 aliphatic carbocycles. The lowest BCUT2D eigenvalue weighted by Gasteiger charge is -2.05. The fraction of sp³-hybridized carbons (Fsp3) is 0.235. The van der Waals surface area contributed by atoms with Crippen molar-refractivity contribution in [3.05, 3.63) is 65.6 Å². The molecule has 3 heteroatoms. The zero-order valence-electron chi connectivity index (χ0n) is 12.3. The Kier molecular flexibility index (Phi) is 4.41. The van der Waals surface area contributed by atoms with Gasteiger partial charge in [0.15, 0.2) is 5.82 Å². The molecule has 0 saturated carbocycles. The van der Waals surface area contributed by atoms with E-state index in [-0.39, 0.29) is 0 Å². The van der Waals surface area contributed by atoms with E-state index in [2.05, 4.69) is 35.1 Å². The van der Waals surface area contributed by atoms with E-state index in [1.165, 1.54) is 16.7 Å². The van der Waals surface area contributed by atoms with Crippen LogP contribution in [0.4, 0.5) is 5.82 Å². The van der Waals surface area contributed by atoms with Crippen LogP contribution < -0.4 is 5.32 Å². The summed E-state index contributed by atoms with van der Waals surface area (Å²) in [5, 5.41) is 10.9. The Hall–Kier alpha value is -2.29. The Morgan fingerprint density at radius 2 is 2.15 bits per heavy atom. The minimum Gasteiger partial charge on any atom is -0.339 e. The van der Waals surface area contributed by atoms with Crippen molar-refractivity contribution in [2.45, 2.75) is 27.2 Å². The molecule has 0 radical (unpaired) electrons. The van der Waals surface area contributed by atoms with Gasteiger partial charge in [0, 0.05) is 23.3 Å². The Bertz CT molecular complexity index is 625. The third-order valence-electron chi connectivity index (χ3n) is 3.40. The highest BCUT2D eigenvalue weighted by Gasteiger charge is 2.26. The average molecular weight is 267 g/mol. The first-order chi connectivity index (χ1) is 9.74. The predicted molar refractivity (Wildman–Crippen MR) is 86.4 cm³/mol. The van der Waals surface area contributed by atoms with Crippen LogP contribution in [0.25, 0.3) is 5.57 Å². The van der Waals surface area contributed by atoms with Gasteiger partial charge in [-0.15, -0.1) is 0 Å². The fourth-order valence-electron chi connectivity index (χ4n) is 2.40. The number of hydrogen-bond acceptors (Lipinski definition) is 2. The zero-order valence-corrected chi connectivity index (χ0v) is 12.3. The molecule has 104 valence electrons. The molecule has 0 bridgehead atoms. The van der Waals surface area contributed by atoms with Crippen LogP contribution in [0.15, 0.2) is 54.3 Å². The van der Waals surface area contributed by atoms with Crippen LogP contribution >= 0.6 is 0 Å². The highest BCUT2D eigenvalue weighted by Crippen LogP contribution is 2.39. The minimum atomic E-state index is 0.900. The van der Waals surface area contributed by atoms with Crippen LogP contribution in [0.1, 0.15) is 32.0 Å². The molecule has 0 amide bonds. The number of nitrogens with one attached hydrogen (secondary N) is 2. The van der Waals surface area contributed by atoms with Gasteiger partial charge in [-0.3, -0.25) is 5.10 Å². The van der Waals surface area contributed by atoms with Crippen molar-refractivity contribution in [3.63, 3.8) is 0 Å². The summed E-state index contributed by atoms with van der Waals surface area (Å²) in [7, 11) is 0.